The Morgan fingerprint density at radius 2 is 1.46 bits per heavy atom. The van der Waals surface area contributed by atoms with Crippen molar-refractivity contribution in [2.45, 2.75) is 27.7 Å². The van der Waals surface area contributed by atoms with Gasteiger partial charge in [0.05, 0.1) is 5.56 Å². The number of aromatic carboxylic acids is 1. The monoisotopic (exact) mass is 354 g/mol. The van der Waals surface area contributed by atoms with Crippen LogP contribution >= 0.6 is 0 Å². The van der Waals surface area contributed by atoms with E-state index in [0.29, 0.717) is 16.9 Å². The minimum atomic E-state index is -1.05. The van der Waals surface area contributed by atoms with Gasteiger partial charge in [0, 0.05) is 22.4 Å². The first-order chi connectivity index (χ1) is 12.1. The van der Waals surface area contributed by atoms with Gasteiger partial charge in [-0.3, -0.25) is 9.59 Å². The third kappa shape index (κ3) is 4.69. The molecule has 0 unspecified atom stereocenters. The summed E-state index contributed by atoms with van der Waals surface area (Å²) in [6, 6.07) is 11.0. The van der Waals surface area contributed by atoms with Crippen LogP contribution in [0, 0.1) is 12.3 Å². The summed E-state index contributed by atoms with van der Waals surface area (Å²) in [5.41, 5.74) is 1.94. The lowest BCUT2D eigenvalue weighted by Crippen LogP contribution is -2.27. The van der Waals surface area contributed by atoms with Crippen molar-refractivity contribution in [3.63, 3.8) is 0 Å². The lowest BCUT2D eigenvalue weighted by Gasteiger charge is -2.18. The molecule has 26 heavy (non-hydrogen) atoms. The van der Waals surface area contributed by atoms with Crippen LogP contribution in [0.1, 0.15) is 47.1 Å². The maximum absolute atomic E-state index is 12.4. The first-order valence-electron chi connectivity index (χ1n) is 8.15. The number of rotatable bonds is 4. The molecule has 136 valence electrons. The van der Waals surface area contributed by atoms with Crippen molar-refractivity contribution >= 4 is 29.2 Å². The van der Waals surface area contributed by atoms with Crippen LogP contribution in [0.15, 0.2) is 42.5 Å². The molecule has 0 heterocycles. The SMILES string of the molecule is Cc1ccc(NC(=O)C(C)(C)C)cc1NC(=O)c1ccc(C(=O)O)cc1. The van der Waals surface area contributed by atoms with Gasteiger partial charge in [0.1, 0.15) is 0 Å². The number of nitrogens with one attached hydrogen (secondary N) is 2. The number of amides is 2. The Hall–Kier alpha value is -3.15. The first-order valence-corrected chi connectivity index (χ1v) is 8.15. The van der Waals surface area contributed by atoms with E-state index in [0.717, 1.165) is 5.56 Å². The van der Waals surface area contributed by atoms with E-state index in [1.54, 1.807) is 18.2 Å². The predicted octanol–water partition coefficient (Wildman–Crippen LogP) is 3.93. The number of carbonyl (C=O) groups is 3. The summed E-state index contributed by atoms with van der Waals surface area (Å²) in [6.07, 6.45) is 0. The lowest BCUT2D eigenvalue weighted by atomic mass is 9.95. The third-order valence-electron chi connectivity index (χ3n) is 3.82. The normalized spacial score (nSPS) is 10.9. The molecule has 0 bridgehead atoms. The number of hydrogen-bond donors (Lipinski definition) is 3. The summed E-state index contributed by atoms with van der Waals surface area (Å²) in [5.74, 6) is -1.53. The highest BCUT2D eigenvalue weighted by atomic mass is 16.4. The first kappa shape index (κ1) is 19.2. The summed E-state index contributed by atoms with van der Waals surface area (Å²) >= 11 is 0. The van der Waals surface area contributed by atoms with Crippen molar-refractivity contribution in [1.29, 1.82) is 0 Å². The highest BCUT2D eigenvalue weighted by Crippen LogP contribution is 2.23. The Morgan fingerprint density at radius 1 is 0.885 bits per heavy atom. The molecule has 0 saturated heterocycles. The molecule has 0 aliphatic carbocycles. The van der Waals surface area contributed by atoms with Crippen LogP contribution in [0.3, 0.4) is 0 Å². The van der Waals surface area contributed by atoms with Gasteiger partial charge < -0.3 is 15.7 Å². The molecule has 0 aliphatic rings. The van der Waals surface area contributed by atoms with Gasteiger partial charge in [0.15, 0.2) is 0 Å². The lowest BCUT2D eigenvalue weighted by molar-refractivity contribution is -0.123. The van der Waals surface area contributed by atoms with E-state index in [1.165, 1.54) is 24.3 Å². The van der Waals surface area contributed by atoms with E-state index < -0.39 is 11.4 Å². The van der Waals surface area contributed by atoms with Gasteiger partial charge in [-0.2, -0.15) is 0 Å². The maximum Gasteiger partial charge on any atom is 0.335 e. The highest BCUT2D eigenvalue weighted by Gasteiger charge is 2.21. The molecule has 0 aliphatic heterocycles. The molecular weight excluding hydrogens is 332 g/mol. The molecule has 6 heteroatoms. The Labute approximate surface area is 152 Å². The zero-order valence-electron chi connectivity index (χ0n) is 15.2. The topological polar surface area (TPSA) is 95.5 Å². The summed E-state index contributed by atoms with van der Waals surface area (Å²) in [4.78, 5) is 35.4. The second-order valence-electron chi connectivity index (χ2n) is 7.07. The Morgan fingerprint density at radius 3 is 2.00 bits per heavy atom. The van der Waals surface area contributed by atoms with Crippen molar-refractivity contribution in [3.8, 4) is 0 Å². The largest absolute Gasteiger partial charge is 0.478 e. The number of carboxylic acid groups (broad SMARTS) is 1. The van der Waals surface area contributed by atoms with Gasteiger partial charge in [-0.05, 0) is 48.9 Å². The molecule has 3 N–H and O–H groups in total. The molecule has 2 aromatic carbocycles. The fourth-order valence-electron chi connectivity index (χ4n) is 2.11. The Bertz CT molecular complexity index is 849. The van der Waals surface area contributed by atoms with E-state index in [-0.39, 0.29) is 17.4 Å². The van der Waals surface area contributed by atoms with E-state index >= 15 is 0 Å². The number of carbonyl (C=O) groups excluding carboxylic acids is 2. The highest BCUT2D eigenvalue weighted by molar-refractivity contribution is 6.05. The number of hydrogen-bond acceptors (Lipinski definition) is 3. The molecular formula is C20H22N2O4. The summed E-state index contributed by atoms with van der Waals surface area (Å²) in [5, 5.41) is 14.5. The Kier molecular flexibility index (Phi) is 5.45. The van der Waals surface area contributed by atoms with Crippen molar-refractivity contribution in [1.82, 2.24) is 0 Å². The van der Waals surface area contributed by atoms with Crippen LogP contribution in [0.5, 0.6) is 0 Å². The average Bonchev–Trinajstić information content (AvgIpc) is 2.57. The van der Waals surface area contributed by atoms with Gasteiger partial charge in [-0.1, -0.05) is 26.8 Å². The molecule has 0 saturated carbocycles. The molecule has 2 aromatic rings. The van der Waals surface area contributed by atoms with Crippen LogP contribution in [-0.2, 0) is 4.79 Å². The molecule has 6 nitrogen and oxygen atoms in total. The van der Waals surface area contributed by atoms with E-state index in [2.05, 4.69) is 10.6 Å². The fraction of sp³-hybridized carbons (Fsp3) is 0.250. The molecule has 0 radical (unpaired) electrons. The number of anilines is 2. The molecule has 0 aromatic heterocycles. The van der Waals surface area contributed by atoms with Crippen LogP contribution in [-0.4, -0.2) is 22.9 Å². The summed E-state index contributed by atoms with van der Waals surface area (Å²) in [7, 11) is 0. The summed E-state index contributed by atoms with van der Waals surface area (Å²) < 4.78 is 0. The molecule has 0 fully saturated rings. The second kappa shape index (κ2) is 7.39. The molecule has 2 amide bonds. The summed E-state index contributed by atoms with van der Waals surface area (Å²) in [6.45, 7) is 7.30. The Balaban J connectivity index is 2.17. The predicted molar refractivity (Wildman–Crippen MR) is 101 cm³/mol. The van der Waals surface area contributed by atoms with Crippen LogP contribution in [0.2, 0.25) is 0 Å². The fourth-order valence-corrected chi connectivity index (χ4v) is 2.11. The van der Waals surface area contributed by atoms with Crippen molar-refractivity contribution in [2.24, 2.45) is 5.41 Å². The minimum Gasteiger partial charge on any atom is -0.478 e. The second-order valence-corrected chi connectivity index (χ2v) is 7.07. The van der Waals surface area contributed by atoms with Gasteiger partial charge in [-0.25, -0.2) is 4.79 Å². The number of aryl methyl sites for hydroxylation is 1. The van der Waals surface area contributed by atoms with Gasteiger partial charge in [0.25, 0.3) is 5.91 Å². The quantitative estimate of drug-likeness (QED) is 0.775. The molecule has 0 spiro atoms. The van der Waals surface area contributed by atoms with Gasteiger partial charge in [0.2, 0.25) is 5.91 Å². The maximum atomic E-state index is 12.4. The van der Waals surface area contributed by atoms with Gasteiger partial charge in [-0.15, -0.1) is 0 Å². The number of carboxylic acids is 1. The van der Waals surface area contributed by atoms with Gasteiger partial charge >= 0.3 is 5.97 Å². The zero-order valence-corrected chi connectivity index (χ0v) is 15.2. The molecule has 2 rings (SSSR count). The number of benzene rings is 2. The minimum absolute atomic E-state index is 0.115. The van der Waals surface area contributed by atoms with Crippen molar-refractivity contribution in [3.05, 3.63) is 59.2 Å². The van der Waals surface area contributed by atoms with E-state index in [1.807, 2.05) is 27.7 Å². The zero-order chi connectivity index (χ0) is 19.5. The third-order valence-corrected chi connectivity index (χ3v) is 3.82. The van der Waals surface area contributed by atoms with Crippen LogP contribution < -0.4 is 10.6 Å². The van der Waals surface area contributed by atoms with Crippen LogP contribution in [0.25, 0.3) is 0 Å². The van der Waals surface area contributed by atoms with E-state index in [9.17, 15) is 14.4 Å². The van der Waals surface area contributed by atoms with Crippen molar-refractivity contribution < 1.29 is 19.5 Å². The molecule has 0 atom stereocenters. The smallest absolute Gasteiger partial charge is 0.335 e. The van der Waals surface area contributed by atoms with Crippen LogP contribution in [0.4, 0.5) is 11.4 Å². The standard InChI is InChI=1S/C20H22N2O4/c1-12-5-10-15(21-19(26)20(2,3)4)11-16(12)22-17(23)13-6-8-14(9-7-13)18(24)25/h5-11H,1-4H3,(H,21,26)(H,22,23)(H,24,25). The average molecular weight is 354 g/mol. The van der Waals surface area contributed by atoms with E-state index in [4.69, 9.17) is 5.11 Å². The van der Waals surface area contributed by atoms with Crippen molar-refractivity contribution in [2.75, 3.05) is 10.6 Å².